The van der Waals surface area contributed by atoms with Gasteiger partial charge in [0.15, 0.2) is 0 Å². The van der Waals surface area contributed by atoms with E-state index in [1.165, 1.54) is 0 Å². The molecular formula is C12H13NO2. The number of benzene rings is 1. The van der Waals surface area contributed by atoms with Crippen LogP contribution in [-0.4, -0.2) is 12.2 Å². The van der Waals surface area contributed by atoms with Gasteiger partial charge in [-0.05, 0) is 18.4 Å². The zero-order valence-electron chi connectivity index (χ0n) is 8.35. The highest BCUT2D eigenvalue weighted by molar-refractivity contribution is 5.84. The first kappa shape index (κ1) is 9.90. The van der Waals surface area contributed by atoms with E-state index < -0.39 is 6.04 Å². The summed E-state index contributed by atoms with van der Waals surface area (Å²) in [6.45, 7) is 0. The number of aldehydes is 1. The molecule has 1 aromatic rings. The molecule has 0 aromatic heterocycles. The summed E-state index contributed by atoms with van der Waals surface area (Å²) in [5.41, 5.74) is 0.835. The summed E-state index contributed by atoms with van der Waals surface area (Å²) in [5.74, 6) is 0.132. The highest BCUT2D eigenvalue weighted by Crippen LogP contribution is 2.29. The van der Waals surface area contributed by atoms with E-state index in [0.717, 1.165) is 24.7 Å². The van der Waals surface area contributed by atoms with Crippen molar-refractivity contribution in [1.29, 1.82) is 0 Å². The predicted molar refractivity (Wildman–Crippen MR) is 56.1 cm³/mol. The van der Waals surface area contributed by atoms with Crippen LogP contribution in [0.3, 0.4) is 0 Å². The van der Waals surface area contributed by atoms with E-state index in [1.54, 1.807) is 0 Å². The molecule has 1 fully saturated rings. The Morgan fingerprint density at radius 2 is 2.00 bits per heavy atom. The summed E-state index contributed by atoms with van der Waals surface area (Å²) < 4.78 is 0. The third-order valence-electron chi connectivity index (χ3n) is 2.54. The molecule has 0 saturated heterocycles. The van der Waals surface area contributed by atoms with Crippen LogP contribution in [-0.2, 0) is 9.59 Å². The molecule has 1 aromatic carbocycles. The minimum absolute atomic E-state index is 0.00375. The van der Waals surface area contributed by atoms with E-state index in [9.17, 15) is 9.59 Å². The van der Waals surface area contributed by atoms with Gasteiger partial charge in [-0.2, -0.15) is 0 Å². The summed E-state index contributed by atoms with van der Waals surface area (Å²) in [6, 6.07) is 8.77. The van der Waals surface area contributed by atoms with E-state index in [-0.39, 0.29) is 11.8 Å². The van der Waals surface area contributed by atoms with Crippen LogP contribution in [0.2, 0.25) is 0 Å². The maximum atomic E-state index is 11.5. The van der Waals surface area contributed by atoms with Gasteiger partial charge < -0.3 is 10.1 Å². The fourth-order valence-corrected chi connectivity index (χ4v) is 1.47. The van der Waals surface area contributed by atoms with E-state index in [2.05, 4.69) is 5.32 Å². The number of carbonyl (C=O) groups excluding carboxylic acids is 2. The highest BCUT2D eigenvalue weighted by Gasteiger charge is 2.31. The number of hydrogen-bond acceptors (Lipinski definition) is 2. The molecule has 3 heteroatoms. The molecule has 0 bridgehead atoms. The first-order chi connectivity index (χ1) is 7.31. The van der Waals surface area contributed by atoms with Gasteiger partial charge in [-0.3, -0.25) is 4.79 Å². The molecule has 1 aliphatic carbocycles. The maximum Gasteiger partial charge on any atom is 0.223 e. The van der Waals surface area contributed by atoms with Gasteiger partial charge in [0.05, 0.1) is 0 Å². The van der Waals surface area contributed by atoms with Crippen molar-refractivity contribution < 1.29 is 9.59 Å². The summed E-state index contributed by atoms with van der Waals surface area (Å²) in [7, 11) is 0. The van der Waals surface area contributed by atoms with Gasteiger partial charge in [-0.15, -0.1) is 0 Å². The topological polar surface area (TPSA) is 46.2 Å². The Hall–Kier alpha value is -1.64. The van der Waals surface area contributed by atoms with Gasteiger partial charge in [0.25, 0.3) is 0 Å². The Labute approximate surface area is 88.5 Å². The molecule has 1 aliphatic rings. The number of carbonyl (C=O) groups is 2. The molecule has 15 heavy (non-hydrogen) atoms. The van der Waals surface area contributed by atoms with Crippen molar-refractivity contribution in [3.8, 4) is 0 Å². The van der Waals surface area contributed by atoms with Crippen LogP contribution in [0.15, 0.2) is 30.3 Å². The molecule has 0 radical (unpaired) electrons. The molecule has 1 N–H and O–H groups in total. The van der Waals surface area contributed by atoms with Crippen LogP contribution in [0, 0.1) is 5.92 Å². The first-order valence-electron chi connectivity index (χ1n) is 5.12. The van der Waals surface area contributed by atoms with Gasteiger partial charge in [0.2, 0.25) is 5.91 Å². The zero-order valence-corrected chi connectivity index (χ0v) is 8.35. The molecular weight excluding hydrogens is 190 g/mol. The van der Waals surface area contributed by atoms with Crippen LogP contribution in [0.1, 0.15) is 24.4 Å². The van der Waals surface area contributed by atoms with E-state index in [1.807, 2.05) is 30.3 Å². The number of amides is 1. The predicted octanol–water partition coefficient (Wildman–Crippen LogP) is 1.45. The van der Waals surface area contributed by atoms with Crippen LogP contribution in [0.25, 0.3) is 0 Å². The minimum Gasteiger partial charge on any atom is -0.342 e. The zero-order chi connectivity index (χ0) is 10.7. The standard InChI is InChI=1S/C12H13NO2/c14-8-11(9-4-2-1-3-5-9)13-12(15)10-6-7-10/h1-5,8,10-11H,6-7H2,(H,13,15)/t11-/m1/s1. The van der Waals surface area contributed by atoms with Crippen molar-refractivity contribution in [2.45, 2.75) is 18.9 Å². The highest BCUT2D eigenvalue weighted by atomic mass is 16.2. The molecule has 3 nitrogen and oxygen atoms in total. The lowest BCUT2D eigenvalue weighted by molar-refractivity contribution is -0.125. The smallest absolute Gasteiger partial charge is 0.223 e. The van der Waals surface area contributed by atoms with Gasteiger partial charge in [-0.25, -0.2) is 0 Å². The second kappa shape index (κ2) is 4.26. The molecule has 0 spiro atoms. The van der Waals surface area contributed by atoms with Gasteiger partial charge in [-0.1, -0.05) is 30.3 Å². The van der Waals surface area contributed by atoms with Crippen molar-refractivity contribution in [2.24, 2.45) is 5.92 Å². The fourth-order valence-electron chi connectivity index (χ4n) is 1.47. The average Bonchev–Trinajstić information content (AvgIpc) is 3.10. The molecule has 2 rings (SSSR count). The molecule has 0 aliphatic heterocycles. The molecule has 78 valence electrons. The quantitative estimate of drug-likeness (QED) is 0.753. The molecule has 0 heterocycles. The monoisotopic (exact) mass is 203 g/mol. The first-order valence-corrected chi connectivity index (χ1v) is 5.12. The van der Waals surface area contributed by atoms with Crippen LogP contribution in [0.5, 0.6) is 0 Å². The molecule has 0 unspecified atom stereocenters. The normalized spacial score (nSPS) is 16.8. The van der Waals surface area contributed by atoms with Crippen molar-refractivity contribution in [3.05, 3.63) is 35.9 Å². The van der Waals surface area contributed by atoms with Crippen LogP contribution < -0.4 is 5.32 Å². The summed E-state index contributed by atoms with van der Waals surface area (Å²) in [4.78, 5) is 22.3. The minimum atomic E-state index is -0.501. The van der Waals surface area contributed by atoms with Gasteiger partial charge in [0, 0.05) is 5.92 Å². The summed E-state index contributed by atoms with van der Waals surface area (Å²) >= 11 is 0. The molecule has 1 atom stereocenters. The molecule has 1 saturated carbocycles. The van der Waals surface area contributed by atoms with Crippen molar-refractivity contribution in [3.63, 3.8) is 0 Å². The van der Waals surface area contributed by atoms with E-state index in [4.69, 9.17) is 0 Å². The number of rotatable bonds is 4. The summed E-state index contributed by atoms with van der Waals surface area (Å²) in [6.07, 6.45) is 2.67. The lowest BCUT2D eigenvalue weighted by Crippen LogP contribution is -2.30. The Morgan fingerprint density at radius 3 is 2.53 bits per heavy atom. The Balaban J connectivity index is 2.03. The van der Waals surface area contributed by atoms with Crippen LogP contribution >= 0.6 is 0 Å². The second-order valence-electron chi connectivity index (χ2n) is 3.81. The third-order valence-corrected chi connectivity index (χ3v) is 2.54. The van der Waals surface area contributed by atoms with Crippen LogP contribution in [0.4, 0.5) is 0 Å². The lowest BCUT2D eigenvalue weighted by atomic mass is 10.1. The Bertz CT molecular complexity index is 357. The number of nitrogens with one attached hydrogen (secondary N) is 1. The van der Waals surface area contributed by atoms with Crippen molar-refractivity contribution in [2.75, 3.05) is 0 Å². The van der Waals surface area contributed by atoms with E-state index in [0.29, 0.717) is 0 Å². The van der Waals surface area contributed by atoms with Gasteiger partial charge in [0.1, 0.15) is 12.3 Å². The lowest BCUT2D eigenvalue weighted by Gasteiger charge is -2.12. The molecule has 1 amide bonds. The third kappa shape index (κ3) is 2.43. The summed E-state index contributed by atoms with van der Waals surface area (Å²) in [5, 5.41) is 2.74. The SMILES string of the molecule is O=C[C@@H](NC(=O)C1CC1)c1ccccc1. The average molecular weight is 203 g/mol. The van der Waals surface area contributed by atoms with Gasteiger partial charge >= 0.3 is 0 Å². The Kier molecular flexibility index (Phi) is 2.81. The number of hydrogen-bond donors (Lipinski definition) is 1. The van der Waals surface area contributed by atoms with Crippen molar-refractivity contribution >= 4 is 12.2 Å². The van der Waals surface area contributed by atoms with Crippen molar-refractivity contribution in [1.82, 2.24) is 5.32 Å². The Morgan fingerprint density at radius 1 is 1.33 bits per heavy atom. The van der Waals surface area contributed by atoms with E-state index >= 15 is 0 Å². The fraction of sp³-hybridized carbons (Fsp3) is 0.333. The maximum absolute atomic E-state index is 11.5. The largest absolute Gasteiger partial charge is 0.342 e. The second-order valence-corrected chi connectivity index (χ2v) is 3.81.